The Morgan fingerprint density at radius 1 is 1.20 bits per heavy atom. The van der Waals surface area contributed by atoms with E-state index in [1.54, 1.807) is 0 Å². The summed E-state index contributed by atoms with van der Waals surface area (Å²) < 4.78 is 0. The second kappa shape index (κ2) is 7.20. The third-order valence-corrected chi connectivity index (χ3v) is 3.00. The van der Waals surface area contributed by atoms with Crippen LogP contribution in [0.2, 0.25) is 0 Å². The van der Waals surface area contributed by atoms with Gasteiger partial charge in [0.2, 0.25) is 0 Å². The number of hydrogen-bond acceptors (Lipinski definition) is 3. The summed E-state index contributed by atoms with van der Waals surface area (Å²) in [6.07, 6.45) is 3.23. The predicted octanol–water partition coefficient (Wildman–Crippen LogP) is 1.08. The lowest BCUT2D eigenvalue weighted by molar-refractivity contribution is 0.0956. The van der Waals surface area contributed by atoms with Crippen molar-refractivity contribution in [3.8, 4) is 0 Å². The number of β-amino-alcohol motifs (C(OH)–C–C–N with tert-alkyl or cyclic N) is 1. The van der Waals surface area contributed by atoms with Gasteiger partial charge in [0, 0.05) is 32.7 Å². The minimum absolute atomic E-state index is 0.123. The molecule has 1 rings (SSSR count). The molecule has 1 heterocycles. The van der Waals surface area contributed by atoms with E-state index < -0.39 is 0 Å². The standard InChI is InChI=1S/C12H26N2O/c1-11(2)4-3-5-12(15)10-14-8-6-13-7-9-14/h11-13,15H,3-10H2,1-2H3. The number of aliphatic hydroxyl groups excluding tert-OH is 1. The van der Waals surface area contributed by atoms with E-state index in [2.05, 4.69) is 24.1 Å². The third kappa shape index (κ3) is 6.13. The second-order valence-electron chi connectivity index (χ2n) is 5.03. The minimum Gasteiger partial charge on any atom is -0.392 e. The average Bonchev–Trinajstić information content (AvgIpc) is 2.18. The van der Waals surface area contributed by atoms with E-state index in [4.69, 9.17) is 0 Å². The Morgan fingerprint density at radius 3 is 2.47 bits per heavy atom. The van der Waals surface area contributed by atoms with E-state index in [1.165, 1.54) is 6.42 Å². The summed E-state index contributed by atoms with van der Waals surface area (Å²) in [6, 6.07) is 0. The number of rotatable bonds is 6. The number of nitrogens with zero attached hydrogens (tertiary/aromatic N) is 1. The molecule has 0 radical (unpaired) electrons. The number of hydrogen-bond donors (Lipinski definition) is 2. The molecule has 1 saturated heterocycles. The van der Waals surface area contributed by atoms with Gasteiger partial charge >= 0.3 is 0 Å². The van der Waals surface area contributed by atoms with Gasteiger partial charge in [0.05, 0.1) is 6.10 Å². The molecule has 0 saturated carbocycles. The van der Waals surface area contributed by atoms with E-state index in [-0.39, 0.29) is 6.10 Å². The van der Waals surface area contributed by atoms with Crippen molar-refractivity contribution in [1.82, 2.24) is 10.2 Å². The van der Waals surface area contributed by atoms with Gasteiger partial charge in [-0.3, -0.25) is 4.90 Å². The van der Waals surface area contributed by atoms with Crippen LogP contribution in [-0.2, 0) is 0 Å². The lowest BCUT2D eigenvalue weighted by Gasteiger charge is -2.29. The maximum Gasteiger partial charge on any atom is 0.0667 e. The largest absolute Gasteiger partial charge is 0.392 e. The number of aliphatic hydroxyl groups is 1. The van der Waals surface area contributed by atoms with Crippen LogP contribution >= 0.6 is 0 Å². The number of nitrogens with one attached hydrogen (secondary N) is 1. The zero-order chi connectivity index (χ0) is 11.1. The van der Waals surface area contributed by atoms with Crippen LogP contribution in [0, 0.1) is 5.92 Å². The Balaban J connectivity index is 2.03. The first-order valence-corrected chi connectivity index (χ1v) is 6.29. The molecule has 0 spiro atoms. The highest BCUT2D eigenvalue weighted by molar-refractivity contribution is 4.71. The Kier molecular flexibility index (Phi) is 6.22. The van der Waals surface area contributed by atoms with Crippen LogP contribution in [0.3, 0.4) is 0 Å². The molecule has 1 fully saturated rings. The summed E-state index contributed by atoms with van der Waals surface area (Å²) >= 11 is 0. The summed E-state index contributed by atoms with van der Waals surface area (Å²) in [6.45, 7) is 9.64. The summed E-state index contributed by atoms with van der Waals surface area (Å²) in [5, 5.41) is 13.2. The number of piperazine rings is 1. The average molecular weight is 214 g/mol. The lowest BCUT2D eigenvalue weighted by atomic mass is 10.0. The second-order valence-corrected chi connectivity index (χ2v) is 5.03. The van der Waals surface area contributed by atoms with Crippen molar-refractivity contribution in [3.63, 3.8) is 0 Å². The van der Waals surface area contributed by atoms with E-state index >= 15 is 0 Å². The quantitative estimate of drug-likeness (QED) is 0.694. The zero-order valence-corrected chi connectivity index (χ0v) is 10.2. The summed E-state index contributed by atoms with van der Waals surface area (Å²) in [5.74, 6) is 0.761. The topological polar surface area (TPSA) is 35.5 Å². The molecule has 2 N–H and O–H groups in total. The molecule has 1 aliphatic heterocycles. The van der Waals surface area contributed by atoms with Gasteiger partial charge in [-0.1, -0.05) is 26.7 Å². The SMILES string of the molecule is CC(C)CCCC(O)CN1CCNCC1. The smallest absolute Gasteiger partial charge is 0.0667 e. The third-order valence-electron chi connectivity index (χ3n) is 3.00. The fourth-order valence-electron chi connectivity index (χ4n) is 2.04. The van der Waals surface area contributed by atoms with Crippen molar-refractivity contribution in [2.24, 2.45) is 5.92 Å². The molecule has 1 atom stereocenters. The lowest BCUT2D eigenvalue weighted by Crippen LogP contribution is -2.46. The maximum absolute atomic E-state index is 9.85. The van der Waals surface area contributed by atoms with E-state index in [0.717, 1.165) is 51.5 Å². The summed E-state index contributed by atoms with van der Waals surface area (Å²) in [5.41, 5.74) is 0. The van der Waals surface area contributed by atoms with Crippen LogP contribution in [0.15, 0.2) is 0 Å². The van der Waals surface area contributed by atoms with Crippen LogP contribution in [0.4, 0.5) is 0 Å². The van der Waals surface area contributed by atoms with Crippen molar-refractivity contribution >= 4 is 0 Å². The van der Waals surface area contributed by atoms with Gasteiger partial charge in [0.1, 0.15) is 0 Å². The van der Waals surface area contributed by atoms with E-state index in [1.807, 2.05) is 0 Å². The highest BCUT2D eigenvalue weighted by Gasteiger charge is 2.13. The highest BCUT2D eigenvalue weighted by Crippen LogP contribution is 2.09. The molecular formula is C12H26N2O. The van der Waals surface area contributed by atoms with Crippen molar-refractivity contribution in [2.45, 2.75) is 39.2 Å². The van der Waals surface area contributed by atoms with Gasteiger partial charge < -0.3 is 10.4 Å². The maximum atomic E-state index is 9.85. The van der Waals surface area contributed by atoms with Gasteiger partial charge in [-0.25, -0.2) is 0 Å². The monoisotopic (exact) mass is 214 g/mol. The normalized spacial score (nSPS) is 20.8. The Hall–Kier alpha value is -0.120. The molecule has 0 aromatic heterocycles. The molecule has 90 valence electrons. The van der Waals surface area contributed by atoms with E-state index in [9.17, 15) is 5.11 Å². The van der Waals surface area contributed by atoms with Gasteiger partial charge in [0.15, 0.2) is 0 Å². The molecule has 3 heteroatoms. The van der Waals surface area contributed by atoms with Gasteiger partial charge in [0.25, 0.3) is 0 Å². The predicted molar refractivity (Wildman–Crippen MR) is 64.0 cm³/mol. The van der Waals surface area contributed by atoms with E-state index in [0.29, 0.717) is 0 Å². The molecule has 1 unspecified atom stereocenters. The molecule has 0 amide bonds. The Morgan fingerprint density at radius 2 is 1.87 bits per heavy atom. The van der Waals surface area contributed by atoms with Crippen LogP contribution < -0.4 is 5.32 Å². The molecule has 15 heavy (non-hydrogen) atoms. The molecule has 0 aromatic carbocycles. The Bertz CT molecular complexity index is 156. The molecule has 0 bridgehead atoms. The molecule has 3 nitrogen and oxygen atoms in total. The first kappa shape index (κ1) is 12.9. The van der Waals surface area contributed by atoms with Crippen molar-refractivity contribution in [2.75, 3.05) is 32.7 Å². The fraction of sp³-hybridized carbons (Fsp3) is 1.00. The van der Waals surface area contributed by atoms with Gasteiger partial charge in [-0.2, -0.15) is 0 Å². The first-order valence-electron chi connectivity index (χ1n) is 6.29. The molecular weight excluding hydrogens is 188 g/mol. The van der Waals surface area contributed by atoms with Crippen LogP contribution in [0.25, 0.3) is 0 Å². The van der Waals surface area contributed by atoms with Crippen LogP contribution in [0.5, 0.6) is 0 Å². The summed E-state index contributed by atoms with van der Waals surface area (Å²) in [7, 11) is 0. The highest BCUT2D eigenvalue weighted by atomic mass is 16.3. The van der Waals surface area contributed by atoms with Gasteiger partial charge in [-0.15, -0.1) is 0 Å². The fourth-order valence-corrected chi connectivity index (χ4v) is 2.04. The van der Waals surface area contributed by atoms with Crippen molar-refractivity contribution < 1.29 is 5.11 Å². The van der Waals surface area contributed by atoms with Crippen molar-refractivity contribution in [3.05, 3.63) is 0 Å². The Labute approximate surface area is 93.9 Å². The molecule has 0 aliphatic carbocycles. The van der Waals surface area contributed by atoms with Gasteiger partial charge in [-0.05, 0) is 12.3 Å². The van der Waals surface area contributed by atoms with Crippen molar-refractivity contribution in [1.29, 1.82) is 0 Å². The summed E-state index contributed by atoms with van der Waals surface area (Å²) in [4.78, 5) is 2.36. The molecule has 0 aromatic rings. The zero-order valence-electron chi connectivity index (χ0n) is 10.2. The molecule has 1 aliphatic rings. The first-order chi connectivity index (χ1) is 7.18. The van der Waals surface area contributed by atoms with Crippen LogP contribution in [0.1, 0.15) is 33.1 Å². The van der Waals surface area contributed by atoms with Crippen LogP contribution in [-0.4, -0.2) is 48.8 Å². The minimum atomic E-state index is -0.123.